The van der Waals surface area contributed by atoms with Crippen LogP contribution in [0.1, 0.15) is 22.0 Å². The number of rotatable bonds is 4. The van der Waals surface area contributed by atoms with Gasteiger partial charge in [-0.15, -0.1) is 5.10 Å². The fourth-order valence-corrected chi connectivity index (χ4v) is 1.62. The number of nitrogens with zero attached hydrogens (tertiary/aromatic N) is 3. The number of H-pyrrole nitrogens is 1. The van der Waals surface area contributed by atoms with E-state index in [9.17, 15) is 4.79 Å². The van der Waals surface area contributed by atoms with E-state index in [0.29, 0.717) is 12.4 Å². The number of hydrogen-bond donors (Lipinski definition) is 2. The highest BCUT2D eigenvalue weighted by molar-refractivity contribution is 5.90. The summed E-state index contributed by atoms with van der Waals surface area (Å²) in [5.41, 5.74) is 2.16. The van der Waals surface area contributed by atoms with Gasteiger partial charge in [-0.3, -0.25) is 9.89 Å². The first-order valence-electron chi connectivity index (χ1n) is 6.00. The summed E-state index contributed by atoms with van der Waals surface area (Å²) in [5.74, 6) is 0.518. The van der Waals surface area contributed by atoms with Crippen LogP contribution in [0.4, 0.5) is 5.69 Å². The van der Waals surface area contributed by atoms with Crippen LogP contribution < -0.4 is 10.2 Å². The van der Waals surface area contributed by atoms with E-state index in [2.05, 4.69) is 20.5 Å². The minimum Gasteiger partial charge on any atom is -0.378 e. The van der Waals surface area contributed by atoms with E-state index in [1.165, 1.54) is 0 Å². The summed E-state index contributed by atoms with van der Waals surface area (Å²) in [6.07, 6.45) is 0. The predicted octanol–water partition coefficient (Wildman–Crippen LogP) is 1.11. The monoisotopic (exact) mass is 259 g/mol. The molecule has 0 aliphatic rings. The zero-order chi connectivity index (χ0) is 13.8. The number of aromatic amines is 1. The van der Waals surface area contributed by atoms with Crippen LogP contribution in [0.5, 0.6) is 0 Å². The molecule has 0 saturated heterocycles. The third kappa shape index (κ3) is 3.31. The summed E-state index contributed by atoms with van der Waals surface area (Å²) < 4.78 is 0. The van der Waals surface area contributed by atoms with Gasteiger partial charge in [-0.05, 0) is 24.6 Å². The SMILES string of the molecule is Cc1nc(C(=O)NCc2ccc(N(C)C)cc2)n[nH]1. The molecule has 100 valence electrons. The summed E-state index contributed by atoms with van der Waals surface area (Å²) >= 11 is 0. The number of aromatic nitrogens is 3. The van der Waals surface area contributed by atoms with E-state index in [4.69, 9.17) is 0 Å². The molecule has 0 fully saturated rings. The maximum Gasteiger partial charge on any atom is 0.291 e. The van der Waals surface area contributed by atoms with Crippen molar-refractivity contribution in [3.8, 4) is 0 Å². The van der Waals surface area contributed by atoms with Gasteiger partial charge in [0.05, 0.1) is 0 Å². The molecule has 6 heteroatoms. The molecule has 0 saturated carbocycles. The van der Waals surface area contributed by atoms with Gasteiger partial charge in [0.2, 0.25) is 5.82 Å². The third-order valence-electron chi connectivity index (χ3n) is 2.71. The summed E-state index contributed by atoms with van der Waals surface area (Å²) in [4.78, 5) is 17.7. The molecule has 0 aliphatic heterocycles. The van der Waals surface area contributed by atoms with E-state index in [-0.39, 0.29) is 11.7 Å². The molecule has 19 heavy (non-hydrogen) atoms. The lowest BCUT2D eigenvalue weighted by atomic mass is 10.2. The summed E-state index contributed by atoms with van der Waals surface area (Å²) in [7, 11) is 3.98. The number of carbonyl (C=O) groups is 1. The van der Waals surface area contributed by atoms with Gasteiger partial charge >= 0.3 is 0 Å². The number of amides is 1. The Balaban J connectivity index is 1.93. The largest absolute Gasteiger partial charge is 0.378 e. The molecule has 0 atom stereocenters. The minimum absolute atomic E-state index is 0.169. The van der Waals surface area contributed by atoms with Crippen LogP contribution >= 0.6 is 0 Å². The average Bonchev–Trinajstić information content (AvgIpc) is 2.83. The smallest absolute Gasteiger partial charge is 0.291 e. The second kappa shape index (κ2) is 5.51. The van der Waals surface area contributed by atoms with Crippen molar-refractivity contribution in [2.24, 2.45) is 0 Å². The quantitative estimate of drug-likeness (QED) is 0.862. The molecule has 1 aromatic heterocycles. The van der Waals surface area contributed by atoms with E-state index in [0.717, 1.165) is 11.3 Å². The van der Waals surface area contributed by atoms with Crippen molar-refractivity contribution >= 4 is 11.6 Å². The molecule has 2 N–H and O–H groups in total. The maximum atomic E-state index is 11.7. The van der Waals surface area contributed by atoms with E-state index < -0.39 is 0 Å². The molecule has 0 aliphatic carbocycles. The van der Waals surface area contributed by atoms with Crippen molar-refractivity contribution in [2.45, 2.75) is 13.5 Å². The van der Waals surface area contributed by atoms with E-state index in [1.54, 1.807) is 6.92 Å². The maximum absolute atomic E-state index is 11.7. The van der Waals surface area contributed by atoms with Crippen molar-refractivity contribution in [1.82, 2.24) is 20.5 Å². The van der Waals surface area contributed by atoms with Crippen molar-refractivity contribution in [3.63, 3.8) is 0 Å². The van der Waals surface area contributed by atoms with Gasteiger partial charge in [0.1, 0.15) is 5.82 Å². The Bertz CT molecular complexity index is 559. The molecule has 1 aromatic carbocycles. The highest BCUT2D eigenvalue weighted by atomic mass is 16.2. The number of carbonyl (C=O) groups excluding carboxylic acids is 1. The Labute approximate surface area is 111 Å². The minimum atomic E-state index is -0.277. The van der Waals surface area contributed by atoms with Crippen LogP contribution in [0, 0.1) is 6.92 Å². The number of anilines is 1. The zero-order valence-electron chi connectivity index (χ0n) is 11.3. The van der Waals surface area contributed by atoms with Crippen LogP contribution in [0.25, 0.3) is 0 Å². The van der Waals surface area contributed by atoms with Gasteiger partial charge in [-0.25, -0.2) is 4.98 Å². The topological polar surface area (TPSA) is 73.9 Å². The lowest BCUT2D eigenvalue weighted by Crippen LogP contribution is -2.24. The number of benzene rings is 1. The lowest BCUT2D eigenvalue weighted by molar-refractivity contribution is 0.0941. The number of hydrogen-bond acceptors (Lipinski definition) is 4. The van der Waals surface area contributed by atoms with Gasteiger partial charge in [-0.2, -0.15) is 0 Å². The van der Waals surface area contributed by atoms with Gasteiger partial charge < -0.3 is 10.2 Å². The van der Waals surface area contributed by atoms with Crippen molar-refractivity contribution < 1.29 is 4.79 Å². The first-order valence-corrected chi connectivity index (χ1v) is 6.00. The molecule has 1 amide bonds. The summed E-state index contributed by atoms with van der Waals surface area (Å²) in [6, 6.07) is 7.99. The summed E-state index contributed by atoms with van der Waals surface area (Å²) in [5, 5.41) is 9.23. The molecule has 6 nitrogen and oxygen atoms in total. The lowest BCUT2D eigenvalue weighted by Gasteiger charge is -2.12. The van der Waals surface area contributed by atoms with Crippen LogP contribution in [0.15, 0.2) is 24.3 Å². The highest BCUT2D eigenvalue weighted by Gasteiger charge is 2.10. The predicted molar refractivity (Wildman–Crippen MR) is 73.1 cm³/mol. The molecule has 0 bridgehead atoms. The molecule has 2 rings (SSSR count). The molecule has 0 unspecified atom stereocenters. The Hall–Kier alpha value is -2.37. The second-order valence-electron chi connectivity index (χ2n) is 4.49. The first-order chi connectivity index (χ1) is 9.06. The summed E-state index contributed by atoms with van der Waals surface area (Å²) in [6.45, 7) is 2.21. The van der Waals surface area contributed by atoms with Crippen molar-refractivity contribution in [2.75, 3.05) is 19.0 Å². The van der Waals surface area contributed by atoms with Crippen LogP contribution in [0.3, 0.4) is 0 Å². The Morgan fingerprint density at radius 3 is 2.53 bits per heavy atom. The fraction of sp³-hybridized carbons (Fsp3) is 0.308. The molecular weight excluding hydrogens is 242 g/mol. The molecule has 0 spiro atoms. The Kier molecular flexibility index (Phi) is 3.79. The van der Waals surface area contributed by atoms with Crippen LogP contribution in [-0.4, -0.2) is 35.2 Å². The normalized spacial score (nSPS) is 10.3. The first kappa shape index (κ1) is 13.1. The third-order valence-corrected chi connectivity index (χ3v) is 2.71. The standard InChI is InChI=1S/C13H17N5O/c1-9-15-12(17-16-9)13(19)14-8-10-4-6-11(7-5-10)18(2)3/h4-7H,8H2,1-3H3,(H,14,19)(H,15,16,17). The molecule has 2 aromatic rings. The number of aryl methyl sites for hydroxylation is 1. The average molecular weight is 259 g/mol. The number of nitrogens with one attached hydrogen (secondary N) is 2. The Morgan fingerprint density at radius 2 is 2.00 bits per heavy atom. The van der Waals surface area contributed by atoms with E-state index >= 15 is 0 Å². The van der Waals surface area contributed by atoms with Crippen LogP contribution in [0.2, 0.25) is 0 Å². The van der Waals surface area contributed by atoms with Crippen molar-refractivity contribution in [1.29, 1.82) is 0 Å². The molecule has 1 heterocycles. The fourth-order valence-electron chi connectivity index (χ4n) is 1.62. The zero-order valence-corrected chi connectivity index (χ0v) is 11.3. The molecule has 0 radical (unpaired) electrons. The van der Waals surface area contributed by atoms with Gasteiger partial charge in [0, 0.05) is 26.3 Å². The van der Waals surface area contributed by atoms with E-state index in [1.807, 2.05) is 43.3 Å². The van der Waals surface area contributed by atoms with Gasteiger partial charge in [0.15, 0.2) is 0 Å². The van der Waals surface area contributed by atoms with Crippen LogP contribution in [-0.2, 0) is 6.54 Å². The van der Waals surface area contributed by atoms with Gasteiger partial charge in [0.25, 0.3) is 5.91 Å². The second-order valence-corrected chi connectivity index (χ2v) is 4.49. The van der Waals surface area contributed by atoms with Gasteiger partial charge in [-0.1, -0.05) is 12.1 Å². The highest BCUT2D eigenvalue weighted by Crippen LogP contribution is 2.11. The van der Waals surface area contributed by atoms with Crippen molar-refractivity contribution in [3.05, 3.63) is 41.5 Å². The Morgan fingerprint density at radius 1 is 1.32 bits per heavy atom. The molecular formula is C13H17N5O.